The van der Waals surface area contributed by atoms with Gasteiger partial charge in [0.05, 0.1) is 22.6 Å². The van der Waals surface area contributed by atoms with Crippen molar-refractivity contribution in [2.45, 2.75) is 51.4 Å². The Hall–Kier alpha value is -2.71. The van der Waals surface area contributed by atoms with Crippen LogP contribution in [0.15, 0.2) is 30.5 Å². The number of carbonyl (C=O) groups is 1. The molecule has 0 bridgehead atoms. The Morgan fingerprint density at radius 1 is 1.23 bits per heavy atom. The van der Waals surface area contributed by atoms with Gasteiger partial charge in [0.1, 0.15) is 18.0 Å². The molecular weight excluding hydrogens is 382 g/mol. The van der Waals surface area contributed by atoms with Gasteiger partial charge in [0, 0.05) is 31.1 Å². The Morgan fingerprint density at radius 3 is 2.93 bits per heavy atom. The smallest absolute Gasteiger partial charge is 0.230 e. The monoisotopic (exact) mass is 409 g/mol. The number of nitrogens with one attached hydrogen (secondary N) is 2. The van der Waals surface area contributed by atoms with E-state index in [0.717, 1.165) is 47.7 Å². The maximum atomic E-state index is 13.1. The molecule has 30 heavy (non-hydrogen) atoms. The number of carbonyl (C=O) groups excluding carboxylic acids is 1. The summed E-state index contributed by atoms with van der Waals surface area (Å²) in [5.74, 6) is 0.573. The first kappa shape index (κ1) is 19.3. The van der Waals surface area contributed by atoms with Crippen LogP contribution in [0.25, 0.3) is 11.0 Å². The van der Waals surface area contributed by atoms with Gasteiger partial charge in [-0.05, 0) is 57.4 Å². The summed E-state index contributed by atoms with van der Waals surface area (Å²) in [4.78, 5) is 21.1. The molecule has 1 amide bonds. The van der Waals surface area contributed by atoms with E-state index in [1.165, 1.54) is 0 Å². The lowest BCUT2D eigenvalue weighted by atomic mass is 9.97. The maximum absolute atomic E-state index is 13.1. The van der Waals surface area contributed by atoms with Gasteiger partial charge < -0.3 is 19.8 Å². The minimum absolute atomic E-state index is 0.0350. The number of hydrogen-bond donors (Lipinski definition) is 2. The summed E-state index contributed by atoms with van der Waals surface area (Å²) in [7, 11) is 0. The van der Waals surface area contributed by atoms with Crippen molar-refractivity contribution < 1.29 is 14.3 Å². The van der Waals surface area contributed by atoms with Crippen molar-refractivity contribution in [2.24, 2.45) is 5.92 Å². The molecule has 8 heteroatoms. The van der Waals surface area contributed by atoms with Crippen molar-refractivity contribution >= 4 is 22.6 Å². The zero-order chi connectivity index (χ0) is 20.7. The number of H-pyrrole nitrogens is 1. The molecule has 0 saturated carbocycles. The molecule has 3 atom stereocenters. The summed E-state index contributed by atoms with van der Waals surface area (Å²) in [5.41, 5.74) is 3.47. The van der Waals surface area contributed by atoms with E-state index in [-0.39, 0.29) is 30.1 Å². The maximum Gasteiger partial charge on any atom is 0.230 e. The number of fused-ring (bicyclic) bond motifs is 1. The number of ether oxygens (including phenoxy) is 2. The normalized spacial score (nSPS) is 24.2. The summed E-state index contributed by atoms with van der Waals surface area (Å²) in [5, 5.41) is 7.46. The van der Waals surface area contributed by atoms with Gasteiger partial charge in [0.2, 0.25) is 5.91 Å². The summed E-state index contributed by atoms with van der Waals surface area (Å²) < 4.78 is 13.6. The molecule has 8 nitrogen and oxygen atoms in total. The van der Waals surface area contributed by atoms with Crippen molar-refractivity contribution in [3.8, 4) is 0 Å². The van der Waals surface area contributed by atoms with Crippen LogP contribution in [0.2, 0.25) is 0 Å². The zero-order valence-corrected chi connectivity index (χ0v) is 17.3. The number of aromatic amines is 1. The standard InChI is InChI=1S/C22H27N5O3/c1-13(2)27-18(7-9-23-27)20-15(8-11-30-20)22(28)24-14-5-6-16-17(12-14)26-21(25-16)19-4-3-10-29-19/h5-7,9,12-13,15,19-20H,3-4,8,10-11H2,1-2H3,(H,24,28)(H,25,26)/t15-,19?,20-/m0/s1. The van der Waals surface area contributed by atoms with Crippen molar-refractivity contribution in [2.75, 3.05) is 18.5 Å². The lowest BCUT2D eigenvalue weighted by molar-refractivity contribution is -0.121. The Balaban J connectivity index is 1.34. The van der Waals surface area contributed by atoms with E-state index in [9.17, 15) is 4.79 Å². The number of hydrogen-bond acceptors (Lipinski definition) is 5. The average molecular weight is 409 g/mol. The predicted molar refractivity (Wildman–Crippen MR) is 112 cm³/mol. The Kier molecular flexibility index (Phi) is 5.04. The van der Waals surface area contributed by atoms with Crippen LogP contribution in [0.5, 0.6) is 0 Å². The average Bonchev–Trinajstić information content (AvgIpc) is 3.53. The van der Waals surface area contributed by atoms with Gasteiger partial charge >= 0.3 is 0 Å². The highest BCUT2D eigenvalue weighted by atomic mass is 16.5. The minimum Gasteiger partial charge on any atom is -0.371 e. The third-order valence-electron chi connectivity index (χ3n) is 5.91. The van der Waals surface area contributed by atoms with Crippen molar-refractivity contribution in [1.29, 1.82) is 0 Å². The van der Waals surface area contributed by atoms with Gasteiger partial charge in [0.15, 0.2) is 0 Å². The third-order valence-corrected chi connectivity index (χ3v) is 5.91. The molecule has 4 heterocycles. The van der Waals surface area contributed by atoms with Gasteiger partial charge in [-0.3, -0.25) is 9.48 Å². The number of imidazole rings is 1. The fourth-order valence-electron chi connectivity index (χ4n) is 4.42. The molecule has 2 N–H and O–H groups in total. The van der Waals surface area contributed by atoms with Gasteiger partial charge in [-0.2, -0.15) is 5.10 Å². The summed E-state index contributed by atoms with van der Waals surface area (Å²) in [6, 6.07) is 7.91. The van der Waals surface area contributed by atoms with E-state index >= 15 is 0 Å². The van der Waals surface area contributed by atoms with Crippen molar-refractivity contribution in [3.63, 3.8) is 0 Å². The van der Waals surface area contributed by atoms with Gasteiger partial charge in [0.25, 0.3) is 0 Å². The molecule has 2 saturated heterocycles. The summed E-state index contributed by atoms with van der Waals surface area (Å²) >= 11 is 0. The van der Waals surface area contributed by atoms with Crippen LogP contribution in [0.4, 0.5) is 5.69 Å². The molecule has 2 aromatic heterocycles. The summed E-state index contributed by atoms with van der Waals surface area (Å²) in [6.07, 6.45) is 4.26. The Morgan fingerprint density at radius 2 is 2.13 bits per heavy atom. The first-order valence-corrected chi connectivity index (χ1v) is 10.7. The number of nitrogens with zero attached hydrogens (tertiary/aromatic N) is 3. The molecule has 5 rings (SSSR count). The highest BCUT2D eigenvalue weighted by molar-refractivity contribution is 5.95. The number of benzene rings is 1. The Bertz CT molecular complexity index is 1050. The van der Waals surface area contributed by atoms with Gasteiger partial charge in [-0.25, -0.2) is 4.98 Å². The minimum atomic E-state index is -0.281. The molecule has 0 spiro atoms. The quantitative estimate of drug-likeness (QED) is 0.666. The molecule has 0 radical (unpaired) electrons. The topological polar surface area (TPSA) is 94.1 Å². The molecule has 2 aliphatic rings. The van der Waals surface area contributed by atoms with Crippen LogP contribution < -0.4 is 5.32 Å². The highest BCUT2D eigenvalue weighted by Gasteiger charge is 2.37. The van der Waals surface area contributed by atoms with Gasteiger partial charge in [-0.1, -0.05) is 0 Å². The van der Waals surface area contributed by atoms with Gasteiger partial charge in [-0.15, -0.1) is 0 Å². The van der Waals surface area contributed by atoms with E-state index in [1.807, 2.05) is 28.9 Å². The SMILES string of the molecule is CC(C)n1nccc1[C@H]1OCC[C@@H]1C(=O)Nc1ccc2nc(C3CCCO3)[nH]c2c1. The van der Waals surface area contributed by atoms with Crippen LogP contribution in [-0.4, -0.2) is 38.9 Å². The first-order chi connectivity index (χ1) is 14.6. The molecule has 158 valence electrons. The molecule has 2 aliphatic heterocycles. The second kappa shape index (κ2) is 7.85. The van der Waals surface area contributed by atoms with Crippen LogP contribution >= 0.6 is 0 Å². The second-order valence-electron chi connectivity index (χ2n) is 8.33. The molecule has 2 fully saturated rings. The molecule has 1 unspecified atom stereocenters. The van der Waals surface area contributed by atoms with E-state index < -0.39 is 0 Å². The number of rotatable bonds is 5. The van der Waals surface area contributed by atoms with Crippen LogP contribution in [0.1, 0.15) is 62.9 Å². The lowest BCUT2D eigenvalue weighted by Gasteiger charge is -2.21. The van der Waals surface area contributed by atoms with E-state index in [0.29, 0.717) is 13.0 Å². The fraction of sp³-hybridized carbons (Fsp3) is 0.500. The molecule has 3 aromatic rings. The second-order valence-corrected chi connectivity index (χ2v) is 8.33. The molecule has 0 aliphatic carbocycles. The first-order valence-electron chi connectivity index (χ1n) is 10.7. The molecular formula is C22H27N5O3. The Labute approximate surface area is 175 Å². The van der Waals surface area contributed by atoms with Crippen molar-refractivity contribution in [3.05, 3.63) is 42.0 Å². The van der Waals surface area contributed by atoms with E-state index in [2.05, 4.69) is 34.2 Å². The van der Waals surface area contributed by atoms with E-state index in [4.69, 9.17) is 9.47 Å². The largest absolute Gasteiger partial charge is 0.371 e. The van der Waals surface area contributed by atoms with Crippen LogP contribution in [-0.2, 0) is 14.3 Å². The third kappa shape index (κ3) is 3.50. The number of aromatic nitrogens is 4. The number of amides is 1. The van der Waals surface area contributed by atoms with E-state index in [1.54, 1.807) is 6.20 Å². The van der Waals surface area contributed by atoms with Crippen LogP contribution in [0.3, 0.4) is 0 Å². The van der Waals surface area contributed by atoms with Crippen LogP contribution in [0, 0.1) is 5.92 Å². The number of anilines is 1. The molecule has 1 aromatic carbocycles. The fourth-order valence-corrected chi connectivity index (χ4v) is 4.42. The summed E-state index contributed by atoms with van der Waals surface area (Å²) in [6.45, 7) is 5.50. The highest BCUT2D eigenvalue weighted by Crippen LogP contribution is 2.36. The predicted octanol–water partition coefficient (Wildman–Crippen LogP) is 3.91. The van der Waals surface area contributed by atoms with Crippen molar-refractivity contribution in [1.82, 2.24) is 19.7 Å². The lowest BCUT2D eigenvalue weighted by Crippen LogP contribution is -2.27. The zero-order valence-electron chi connectivity index (χ0n) is 17.3.